The van der Waals surface area contributed by atoms with Crippen LogP contribution in [0.2, 0.25) is 0 Å². The van der Waals surface area contributed by atoms with Gasteiger partial charge >= 0.3 is 6.09 Å². The standard InChI is InChI=1S/C16H22F3NO4/c1-16(2,3)24-15(23)20-7-6-12(21)13(22)9-4-5-10(14(18)19)11(17)8-9/h4-5,8,12-14,21-22H,6-7H2,1-3H3,(H,20,23). The zero-order valence-corrected chi connectivity index (χ0v) is 13.7. The van der Waals surface area contributed by atoms with Crippen LogP contribution in [-0.2, 0) is 4.74 Å². The van der Waals surface area contributed by atoms with Gasteiger partial charge in [0.25, 0.3) is 6.43 Å². The van der Waals surface area contributed by atoms with Crippen molar-refractivity contribution in [2.45, 2.75) is 51.4 Å². The molecule has 2 atom stereocenters. The first-order chi connectivity index (χ1) is 11.0. The van der Waals surface area contributed by atoms with Crippen LogP contribution < -0.4 is 5.32 Å². The topological polar surface area (TPSA) is 78.8 Å². The van der Waals surface area contributed by atoms with E-state index in [1.807, 2.05) is 0 Å². The van der Waals surface area contributed by atoms with Crippen molar-refractivity contribution < 1.29 is 32.9 Å². The highest BCUT2D eigenvalue weighted by molar-refractivity contribution is 5.67. The fraction of sp³-hybridized carbons (Fsp3) is 0.562. The SMILES string of the molecule is CC(C)(C)OC(=O)NCCC(O)C(O)c1ccc(C(F)F)c(F)c1. The summed E-state index contributed by atoms with van der Waals surface area (Å²) in [4.78, 5) is 11.4. The molecule has 8 heteroatoms. The number of alkyl carbamates (subject to hydrolysis) is 1. The van der Waals surface area contributed by atoms with Crippen LogP contribution in [0.15, 0.2) is 18.2 Å². The van der Waals surface area contributed by atoms with Crippen LogP contribution in [0.1, 0.15) is 50.8 Å². The third-order valence-corrected chi connectivity index (χ3v) is 3.07. The Morgan fingerprint density at radius 2 is 1.92 bits per heavy atom. The Labute approximate surface area is 138 Å². The van der Waals surface area contributed by atoms with Crippen LogP contribution >= 0.6 is 0 Å². The fourth-order valence-corrected chi connectivity index (χ4v) is 1.92. The molecule has 0 aromatic heterocycles. The maximum atomic E-state index is 13.5. The molecule has 1 rings (SSSR count). The summed E-state index contributed by atoms with van der Waals surface area (Å²) in [5.74, 6) is -1.15. The molecule has 0 aliphatic rings. The Kier molecular flexibility index (Phi) is 7.04. The van der Waals surface area contributed by atoms with Gasteiger partial charge in [-0.2, -0.15) is 0 Å². The highest BCUT2D eigenvalue weighted by Gasteiger charge is 2.22. The molecule has 0 aliphatic carbocycles. The molecule has 0 spiro atoms. The Bertz CT molecular complexity index is 561. The highest BCUT2D eigenvalue weighted by atomic mass is 19.3. The molecule has 0 saturated carbocycles. The second kappa shape index (κ2) is 8.34. The maximum absolute atomic E-state index is 13.5. The van der Waals surface area contributed by atoms with Crippen LogP contribution in [0.25, 0.3) is 0 Å². The first-order valence-corrected chi connectivity index (χ1v) is 7.41. The minimum Gasteiger partial charge on any atom is -0.444 e. The fourth-order valence-electron chi connectivity index (χ4n) is 1.92. The number of rotatable bonds is 6. The molecular weight excluding hydrogens is 327 g/mol. The van der Waals surface area contributed by atoms with Crippen molar-refractivity contribution >= 4 is 6.09 Å². The molecule has 5 nitrogen and oxygen atoms in total. The van der Waals surface area contributed by atoms with Crippen molar-refractivity contribution in [2.75, 3.05) is 6.54 Å². The van der Waals surface area contributed by atoms with Gasteiger partial charge in [0.2, 0.25) is 0 Å². The smallest absolute Gasteiger partial charge is 0.407 e. The van der Waals surface area contributed by atoms with Crippen LogP contribution in [0.3, 0.4) is 0 Å². The highest BCUT2D eigenvalue weighted by Crippen LogP contribution is 2.26. The number of hydrogen-bond acceptors (Lipinski definition) is 4. The normalized spacial score (nSPS) is 14.4. The first-order valence-electron chi connectivity index (χ1n) is 7.41. The monoisotopic (exact) mass is 349 g/mol. The molecule has 0 saturated heterocycles. The lowest BCUT2D eigenvalue weighted by molar-refractivity contribution is 0.0121. The van der Waals surface area contributed by atoms with Crippen LogP contribution in [0, 0.1) is 5.82 Å². The van der Waals surface area contributed by atoms with Crippen molar-refractivity contribution in [2.24, 2.45) is 0 Å². The molecule has 0 heterocycles. The lowest BCUT2D eigenvalue weighted by atomic mass is 10.0. The molecule has 1 aromatic carbocycles. The van der Waals surface area contributed by atoms with E-state index < -0.39 is 41.7 Å². The zero-order valence-electron chi connectivity index (χ0n) is 13.7. The minimum absolute atomic E-state index is 0.0186. The summed E-state index contributed by atoms with van der Waals surface area (Å²) in [6.07, 6.45) is -6.43. The molecule has 24 heavy (non-hydrogen) atoms. The Balaban J connectivity index is 2.54. The van der Waals surface area contributed by atoms with Gasteiger partial charge in [0, 0.05) is 6.54 Å². The summed E-state index contributed by atoms with van der Waals surface area (Å²) >= 11 is 0. The molecule has 1 amide bonds. The second-order valence-corrected chi connectivity index (χ2v) is 6.31. The zero-order chi connectivity index (χ0) is 18.5. The van der Waals surface area contributed by atoms with E-state index in [0.29, 0.717) is 0 Å². The molecule has 0 bridgehead atoms. The number of aliphatic hydroxyl groups is 2. The van der Waals surface area contributed by atoms with Gasteiger partial charge in [0.1, 0.15) is 17.5 Å². The van der Waals surface area contributed by atoms with Gasteiger partial charge in [-0.05, 0) is 38.8 Å². The van der Waals surface area contributed by atoms with Gasteiger partial charge in [-0.25, -0.2) is 18.0 Å². The third kappa shape index (κ3) is 6.37. The molecule has 0 aliphatic heterocycles. The van der Waals surface area contributed by atoms with Gasteiger partial charge in [-0.3, -0.25) is 0 Å². The predicted octanol–water partition coefficient (Wildman–Crippen LogP) is 3.07. The van der Waals surface area contributed by atoms with Crippen molar-refractivity contribution in [1.29, 1.82) is 0 Å². The summed E-state index contributed by atoms with van der Waals surface area (Å²) in [6.45, 7) is 5.11. The van der Waals surface area contributed by atoms with E-state index >= 15 is 0 Å². The summed E-state index contributed by atoms with van der Waals surface area (Å²) in [5, 5.41) is 22.2. The molecule has 1 aromatic rings. The average Bonchev–Trinajstić information content (AvgIpc) is 2.43. The number of carbonyl (C=O) groups is 1. The van der Waals surface area contributed by atoms with Gasteiger partial charge in [0.05, 0.1) is 11.7 Å². The summed E-state index contributed by atoms with van der Waals surface area (Å²) < 4.78 is 43.4. The number of hydrogen-bond donors (Lipinski definition) is 3. The molecule has 2 unspecified atom stereocenters. The van der Waals surface area contributed by atoms with Gasteiger partial charge in [-0.1, -0.05) is 12.1 Å². The minimum atomic E-state index is -2.96. The second-order valence-electron chi connectivity index (χ2n) is 6.31. The number of aliphatic hydroxyl groups excluding tert-OH is 2. The summed E-state index contributed by atoms with van der Waals surface area (Å²) in [5.41, 5.74) is -1.46. The van der Waals surface area contributed by atoms with Crippen LogP contribution in [0.5, 0.6) is 0 Å². The van der Waals surface area contributed by atoms with E-state index in [9.17, 15) is 28.2 Å². The molecule has 3 N–H and O–H groups in total. The number of carbonyl (C=O) groups excluding carboxylic acids is 1. The predicted molar refractivity (Wildman–Crippen MR) is 81.2 cm³/mol. The number of ether oxygens (including phenoxy) is 1. The van der Waals surface area contributed by atoms with E-state index in [4.69, 9.17) is 4.74 Å². The van der Waals surface area contributed by atoms with E-state index in [1.165, 1.54) is 0 Å². The Hall–Kier alpha value is -1.80. The van der Waals surface area contributed by atoms with Gasteiger partial charge < -0.3 is 20.3 Å². The number of benzene rings is 1. The first kappa shape index (κ1) is 20.2. The number of nitrogens with one attached hydrogen (secondary N) is 1. The van der Waals surface area contributed by atoms with Gasteiger partial charge in [0.15, 0.2) is 0 Å². The van der Waals surface area contributed by atoms with Crippen LogP contribution in [-0.4, -0.2) is 34.6 Å². The lowest BCUT2D eigenvalue weighted by Gasteiger charge is -2.21. The Morgan fingerprint density at radius 1 is 1.29 bits per heavy atom. The third-order valence-electron chi connectivity index (χ3n) is 3.07. The summed E-state index contributed by atoms with van der Waals surface area (Å²) in [7, 11) is 0. The quantitative estimate of drug-likeness (QED) is 0.737. The van der Waals surface area contributed by atoms with E-state index in [2.05, 4.69) is 5.32 Å². The average molecular weight is 349 g/mol. The van der Waals surface area contributed by atoms with E-state index in [0.717, 1.165) is 18.2 Å². The largest absolute Gasteiger partial charge is 0.444 e. The number of halogens is 3. The van der Waals surface area contributed by atoms with Gasteiger partial charge in [-0.15, -0.1) is 0 Å². The van der Waals surface area contributed by atoms with E-state index in [-0.39, 0.29) is 18.5 Å². The maximum Gasteiger partial charge on any atom is 0.407 e. The van der Waals surface area contributed by atoms with Crippen molar-refractivity contribution in [3.63, 3.8) is 0 Å². The van der Waals surface area contributed by atoms with Crippen molar-refractivity contribution in [3.8, 4) is 0 Å². The number of amides is 1. The van der Waals surface area contributed by atoms with Crippen molar-refractivity contribution in [3.05, 3.63) is 35.1 Å². The molecule has 136 valence electrons. The lowest BCUT2D eigenvalue weighted by Crippen LogP contribution is -2.34. The van der Waals surface area contributed by atoms with E-state index in [1.54, 1.807) is 20.8 Å². The molecule has 0 radical (unpaired) electrons. The number of alkyl halides is 2. The molecular formula is C16H22F3NO4. The van der Waals surface area contributed by atoms with Crippen LogP contribution in [0.4, 0.5) is 18.0 Å². The molecule has 0 fully saturated rings. The summed E-state index contributed by atoms with van der Waals surface area (Å²) in [6, 6.07) is 2.75. The van der Waals surface area contributed by atoms with Crippen molar-refractivity contribution in [1.82, 2.24) is 5.32 Å². The Morgan fingerprint density at radius 3 is 2.42 bits per heavy atom.